The van der Waals surface area contributed by atoms with Gasteiger partial charge in [0.1, 0.15) is 6.10 Å². The van der Waals surface area contributed by atoms with Gasteiger partial charge in [-0.15, -0.1) is 0 Å². The molecule has 96 valence electrons. The van der Waals surface area contributed by atoms with Gasteiger partial charge in [-0.1, -0.05) is 0 Å². The molecule has 0 aliphatic rings. The maximum atomic E-state index is 11.5. The number of nitrogens with two attached hydrogens (primary N) is 1. The maximum absolute atomic E-state index is 11.5. The number of nitrogens with one attached hydrogen (secondary N) is 1. The van der Waals surface area contributed by atoms with E-state index >= 15 is 0 Å². The van der Waals surface area contributed by atoms with Gasteiger partial charge in [0.15, 0.2) is 6.29 Å². The SMILES string of the molecule is CCOC(CNC(=O)C(CN)OC)OCC. The largest absolute Gasteiger partial charge is 0.370 e. The highest BCUT2D eigenvalue weighted by atomic mass is 16.7. The van der Waals surface area contributed by atoms with Crippen LogP contribution in [-0.2, 0) is 19.0 Å². The van der Waals surface area contributed by atoms with E-state index < -0.39 is 12.4 Å². The Morgan fingerprint density at radius 2 is 1.88 bits per heavy atom. The van der Waals surface area contributed by atoms with Gasteiger partial charge in [-0.2, -0.15) is 0 Å². The molecule has 1 unspecified atom stereocenters. The number of hydrogen-bond donors (Lipinski definition) is 2. The summed E-state index contributed by atoms with van der Waals surface area (Å²) in [6, 6.07) is 0. The van der Waals surface area contributed by atoms with Gasteiger partial charge in [0.25, 0.3) is 5.91 Å². The van der Waals surface area contributed by atoms with Crippen molar-refractivity contribution >= 4 is 5.91 Å². The molecule has 3 N–H and O–H groups in total. The minimum atomic E-state index is -0.621. The minimum absolute atomic E-state index is 0.149. The first kappa shape index (κ1) is 15.3. The van der Waals surface area contributed by atoms with Crippen LogP contribution in [0.2, 0.25) is 0 Å². The molecule has 16 heavy (non-hydrogen) atoms. The lowest BCUT2D eigenvalue weighted by Gasteiger charge is -2.19. The van der Waals surface area contributed by atoms with Crippen molar-refractivity contribution < 1.29 is 19.0 Å². The van der Waals surface area contributed by atoms with Crippen molar-refractivity contribution in [1.29, 1.82) is 0 Å². The zero-order chi connectivity index (χ0) is 12.4. The van der Waals surface area contributed by atoms with Gasteiger partial charge in [0, 0.05) is 26.9 Å². The molecule has 0 heterocycles. The fourth-order valence-electron chi connectivity index (χ4n) is 1.15. The zero-order valence-corrected chi connectivity index (χ0v) is 10.2. The van der Waals surface area contributed by atoms with Crippen LogP contribution in [0.15, 0.2) is 0 Å². The van der Waals surface area contributed by atoms with E-state index in [9.17, 15) is 4.79 Å². The standard InChI is InChI=1S/C10H22N2O4/c1-4-15-9(16-5-2)7-12-10(13)8(6-11)14-3/h8-9H,4-7,11H2,1-3H3,(H,12,13). The molecule has 0 saturated carbocycles. The fourth-order valence-corrected chi connectivity index (χ4v) is 1.15. The van der Waals surface area contributed by atoms with Crippen molar-refractivity contribution in [3.63, 3.8) is 0 Å². The van der Waals surface area contributed by atoms with Crippen molar-refractivity contribution in [2.75, 3.05) is 33.4 Å². The second kappa shape index (κ2) is 9.53. The van der Waals surface area contributed by atoms with Gasteiger partial charge in [0.05, 0.1) is 6.54 Å². The molecule has 6 nitrogen and oxygen atoms in total. The smallest absolute Gasteiger partial charge is 0.250 e. The summed E-state index contributed by atoms with van der Waals surface area (Å²) in [5.41, 5.74) is 5.36. The summed E-state index contributed by atoms with van der Waals surface area (Å²) in [7, 11) is 1.44. The predicted molar refractivity (Wildman–Crippen MR) is 59.9 cm³/mol. The number of amides is 1. The van der Waals surface area contributed by atoms with E-state index in [-0.39, 0.29) is 12.5 Å². The van der Waals surface area contributed by atoms with Crippen LogP contribution in [0.3, 0.4) is 0 Å². The van der Waals surface area contributed by atoms with Crippen LogP contribution in [0.4, 0.5) is 0 Å². The van der Waals surface area contributed by atoms with Crippen LogP contribution in [0.25, 0.3) is 0 Å². The monoisotopic (exact) mass is 234 g/mol. The quantitative estimate of drug-likeness (QED) is 0.524. The molecule has 0 aromatic carbocycles. The summed E-state index contributed by atoms with van der Waals surface area (Å²) in [4.78, 5) is 11.5. The second-order valence-corrected chi connectivity index (χ2v) is 3.05. The highest BCUT2D eigenvalue weighted by Gasteiger charge is 2.17. The molecule has 0 aliphatic heterocycles. The molecule has 0 spiro atoms. The molecule has 1 amide bonds. The highest BCUT2D eigenvalue weighted by molar-refractivity contribution is 5.80. The Morgan fingerprint density at radius 3 is 2.25 bits per heavy atom. The van der Waals surface area contributed by atoms with Crippen molar-refractivity contribution in [3.05, 3.63) is 0 Å². The molecule has 0 rings (SSSR count). The Bertz CT molecular complexity index is 180. The molecule has 0 bridgehead atoms. The van der Waals surface area contributed by atoms with E-state index in [1.54, 1.807) is 0 Å². The van der Waals surface area contributed by atoms with Gasteiger partial charge in [-0.3, -0.25) is 4.79 Å². The van der Waals surface area contributed by atoms with Gasteiger partial charge >= 0.3 is 0 Å². The van der Waals surface area contributed by atoms with E-state index in [2.05, 4.69) is 5.32 Å². The summed E-state index contributed by atoms with van der Waals surface area (Å²) in [6.07, 6.45) is -1.04. The molecule has 0 saturated heterocycles. The third-order valence-electron chi connectivity index (χ3n) is 1.94. The molecule has 0 aromatic rings. The second-order valence-electron chi connectivity index (χ2n) is 3.05. The first-order valence-corrected chi connectivity index (χ1v) is 5.43. The van der Waals surface area contributed by atoms with Gasteiger partial charge in [-0.25, -0.2) is 0 Å². The molecule has 0 aliphatic carbocycles. The number of hydrogen-bond acceptors (Lipinski definition) is 5. The predicted octanol–water partition coefficient (Wildman–Crippen LogP) is -0.525. The Balaban J connectivity index is 3.93. The maximum Gasteiger partial charge on any atom is 0.250 e. The Morgan fingerprint density at radius 1 is 1.31 bits per heavy atom. The molecular weight excluding hydrogens is 212 g/mol. The summed E-state index contributed by atoms with van der Waals surface area (Å²) in [5, 5.41) is 2.66. The molecule has 0 radical (unpaired) electrons. The van der Waals surface area contributed by atoms with Crippen LogP contribution in [-0.4, -0.2) is 51.7 Å². The van der Waals surface area contributed by atoms with Crippen molar-refractivity contribution in [1.82, 2.24) is 5.32 Å². The highest BCUT2D eigenvalue weighted by Crippen LogP contribution is 1.94. The Hall–Kier alpha value is -0.690. The van der Waals surface area contributed by atoms with Gasteiger partial charge < -0.3 is 25.3 Å². The lowest BCUT2D eigenvalue weighted by Crippen LogP contribution is -2.44. The van der Waals surface area contributed by atoms with E-state index in [0.29, 0.717) is 19.8 Å². The molecular formula is C10H22N2O4. The van der Waals surface area contributed by atoms with E-state index in [1.807, 2.05) is 13.8 Å². The van der Waals surface area contributed by atoms with Crippen LogP contribution < -0.4 is 11.1 Å². The van der Waals surface area contributed by atoms with Gasteiger partial charge in [0.2, 0.25) is 0 Å². The first-order valence-electron chi connectivity index (χ1n) is 5.43. The molecule has 1 atom stereocenters. The lowest BCUT2D eigenvalue weighted by atomic mass is 10.3. The topological polar surface area (TPSA) is 82.8 Å². The molecule has 0 aromatic heterocycles. The minimum Gasteiger partial charge on any atom is -0.370 e. The van der Waals surface area contributed by atoms with Crippen molar-refractivity contribution in [2.24, 2.45) is 5.73 Å². The number of carbonyl (C=O) groups excluding carboxylic acids is 1. The third kappa shape index (κ3) is 6.02. The van der Waals surface area contributed by atoms with Crippen molar-refractivity contribution in [3.8, 4) is 0 Å². The van der Waals surface area contributed by atoms with Crippen LogP contribution >= 0.6 is 0 Å². The average molecular weight is 234 g/mol. The third-order valence-corrected chi connectivity index (χ3v) is 1.94. The fraction of sp³-hybridized carbons (Fsp3) is 0.900. The Labute approximate surface area is 96.4 Å². The van der Waals surface area contributed by atoms with E-state index in [0.717, 1.165) is 0 Å². The van der Waals surface area contributed by atoms with Crippen LogP contribution in [0, 0.1) is 0 Å². The number of ether oxygens (including phenoxy) is 3. The summed E-state index contributed by atoms with van der Waals surface area (Å²) in [5.74, 6) is -0.255. The van der Waals surface area contributed by atoms with Crippen molar-refractivity contribution in [2.45, 2.75) is 26.2 Å². The number of carbonyl (C=O) groups is 1. The molecule has 0 fully saturated rings. The van der Waals surface area contributed by atoms with E-state index in [4.69, 9.17) is 19.9 Å². The first-order chi connectivity index (χ1) is 7.69. The number of methoxy groups -OCH3 is 1. The zero-order valence-electron chi connectivity index (χ0n) is 10.2. The summed E-state index contributed by atoms with van der Waals surface area (Å²) in [6.45, 7) is 5.24. The molecule has 6 heteroatoms. The van der Waals surface area contributed by atoms with Gasteiger partial charge in [-0.05, 0) is 13.8 Å². The van der Waals surface area contributed by atoms with Crippen LogP contribution in [0.5, 0.6) is 0 Å². The van der Waals surface area contributed by atoms with Crippen LogP contribution in [0.1, 0.15) is 13.8 Å². The van der Waals surface area contributed by atoms with E-state index in [1.165, 1.54) is 7.11 Å². The summed E-state index contributed by atoms with van der Waals surface area (Å²) < 4.78 is 15.4. The average Bonchev–Trinajstić information content (AvgIpc) is 2.28. The summed E-state index contributed by atoms with van der Waals surface area (Å²) >= 11 is 0. The normalized spacial score (nSPS) is 12.8. The Kier molecular flexibility index (Phi) is 9.12. The lowest BCUT2D eigenvalue weighted by molar-refractivity contribution is -0.144. The number of rotatable bonds is 9.